The third kappa shape index (κ3) is 7.54. The molecule has 2 rings (SSSR count). The van der Waals surface area contributed by atoms with Crippen molar-refractivity contribution >= 4 is 11.8 Å². The van der Waals surface area contributed by atoms with Gasteiger partial charge < -0.3 is 15.0 Å². The van der Waals surface area contributed by atoms with E-state index in [2.05, 4.69) is 19.2 Å². The van der Waals surface area contributed by atoms with Gasteiger partial charge in [-0.3, -0.25) is 9.59 Å². The summed E-state index contributed by atoms with van der Waals surface area (Å²) in [5.41, 5.74) is 2.26. The Morgan fingerprint density at radius 2 is 1.70 bits per heavy atom. The first kappa shape index (κ1) is 23.5. The van der Waals surface area contributed by atoms with Crippen LogP contribution in [-0.4, -0.2) is 42.5 Å². The summed E-state index contributed by atoms with van der Waals surface area (Å²) in [5, 5.41) is 2.97. The molecular weight excluding hydrogens is 376 g/mol. The minimum Gasteiger partial charge on any atom is -0.484 e. The monoisotopic (exact) mass is 410 g/mol. The van der Waals surface area contributed by atoms with Crippen molar-refractivity contribution in [3.05, 3.63) is 65.7 Å². The van der Waals surface area contributed by atoms with Crippen LogP contribution in [0.1, 0.15) is 38.3 Å². The number of hydrogen-bond acceptors (Lipinski definition) is 3. The molecule has 0 aliphatic carbocycles. The maximum atomic E-state index is 13.1. The van der Waals surface area contributed by atoms with Crippen LogP contribution in [0.3, 0.4) is 0 Å². The Bertz CT molecular complexity index is 788. The van der Waals surface area contributed by atoms with Gasteiger partial charge in [-0.25, -0.2) is 0 Å². The SMILES string of the molecule is CC[C@@H](C(=O)NCC(C)C)N(CCc1ccccc1)C(=O)COc1ccc(C)cc1. The van der Waals surface area contributed by atoms with E-state index < -0.39 is 6.04 Å². The molecule has 0 unspecified atom stereocenters. The zero-order chi connectivity index (χ0) is 21.9. The molecule has 0 saturated heterocycles. The number of carbonyl (C=O) groups excluding carboxylic acids is 2. The highest BCUT2D eigenvalue weighted by Gasteiger charge is 2.28. The number of nitrogens with one attached hydrogen (secondary N) is 1. The Kier molecular flexibility index (Phi) is 9.39. The van der Waals surface area contributed by atoms with Crippen LogP contribution in [0.25, 0.3) is 0 Å². The molecular formula is C25H34N2O3. The van der Waals surface area contributed by atoms with Crippen molar-refractivity contribution in [1.29, 1.82) is 0 Å². The highest BCUT2D eigenvalue weighted by atomic mass is 16.5. The number of rotatable bonds is 11. The molecule has 0 spiro atoms. The fraction of sp³-hybridized carbons (Fsp3) is 0.440. The number of carbonyl (C=O) groups is 2. The van der Waals surface area contributed by atoms with Crippen molar-refractivity contribution in [3.8, 4) is 5.75 Å². The topological polar surface area (TPSA) is 58.6 Å². The molecule has 1 N–H and O–H groups in total. The third-order valence-electron chi connectivity index (χ3n) is 4.94. The molecule has 2 aromatic carbocycles. The van der Waals surface area contributed by atoms with Gasteiger partial charge in [0.1, 0.15) is 11.8 Å². The number of amides is 2. The molecule has 5 heteroatoms. The highest BCUT2D eigenvalue weighted by Crippen LogP contribution is 2.13. The molecule has 0 aliphatic rings. The second-order valence-electron chi connectivity index (χ2n) is 7.99. The summed E-state index contributed by atoms with van der Waals surface area (Å²) in [7, 11) is 0. The van der Waals surface area contributed by atoms with Crippen LogP contribution >= 0.6 is 0 Å². The zero-order valence-electron chi connectivity index (χ0n) is 18.6. The highest BCUT2D eigenvalue weighted by molar-refractivity contribution is 5.88. The lowest BCUT2D eigenvalue weighted by Gasteiger charge is -2.30. The Morgan fingerprint density at radius 1 is 1.03 bits per heavy atom. The molecule has 0 heterocycles. The third-order valence-corrected chi connectivity index (χ3v) is 4.94. The number of benzene rings is 2. The van der Waals surface area contributed by atoms with Gasteiger partial charge in [0.15, 0.2) is 6.61 Å². The van der Waals surface area contributed by atoms with E-state index >= 15 is 0 Å². The van der Waals surface area contributed by atoms with E-state index in [0.29, 0.717) is 37.6 Å². The van der Waals surface area contributed by atoms with Crippen LogP contribution in [0.15, 0.2) is 54.6 Å². The first-order chi connectivity index (χ1) is 14.4. The standard InChI is InChI=1S/C25H34N2O3/c1-5-23(25(29)26-17-19(2)3)27(16-15-21-9-7-6-8-10-21)24(28)18-30-22-13-11-20(4)12-14-22/h6-14,19,23H,5,15-18H2,1-4H3,(H,26,29)/t23-/m0/s1. The maximum Gasteiger partial charge on any atom is 0.261 e. The predicted octanol–water partition coefficient (Wildman–Crippen LogP) is 4.00. The number of hydrogen-bond donors (Lipinski definition) is 1. The molecule has 2 amide bonds. The van der Waals surface area contributed by atoms with Crippen LogP contribution in [0.4, 0.5) is 0 Å². The first-order valence-corrected chi connectivity index (χ1v) is 10.7. The lowest BCUT2D eigenvalue weighted by Crippen LogP contribution is -2.51. The number of ether oxygens (including phenoxy) is 1. The smallest absolute Gasteiger partial charge is 0.261 e. The average Bonchev–Trinajstić information content (AvgIpc) is 2.75. The molecule has 0 aromatic heterocycles. The molecule has 0 saturated carbocycles. The summed E-state index contributed by atoms with van der Waals surface area (Å²) >= 11 is 0. The molecule has 0 aliphatic heterocycles. The zero-order valence-corrected chi connectivity index (χ0v) is 18.6. The van der Waals surface area contributed by atoms with Crippen molar-refractivity contribution in [1.82, 2.24) is 10.2 Å². The van der Waals surface area contributed by atoms with Crippen LogP contribution < -0.4 is 10.1 Å². The summed E-state index contributed by atoms with van der Waals surface area (Å²) in [6.07, 6.45) is 1.24. The van der Waals surface area contributed by atoms with Gasteiger partial charge in [-0.15, -0.1) is 0 Å². The van der Waals surface area contributed by atoms with Crippen molar-refractivity contribution in [2.75, 3.05) is 19.7 Å². The van der Waals surface area contributed by atoms with Crippen molar-refractivity contribution in [2.45, 2.75) is 46.6 Å². The second kappa shape index (κ2) is 12.0. The van der Waals surface area contributed by atoms with E-state index in [4.69, 9.17) is 4.74 Å². The van der Waals surface area contributed by atoms with E-state index in [-0.39, 0.29) is 18.4 Å². The van der Waals surface area contributed by atoms with Gasteiger partial charge in [-0.2, -0.15) is 0 Å². The van der Waals surface area contributed by atoms with Crippen molar-refractivity contribution in [3.63, 3.8) is 0 Å². The largest absolute Gasteiger partial charge is 0.484 e. The summed E-state index contributed by atoms with van der Waals surface area (Å²) in [6, 6.07) is 17.1. The van der Waals surface area contributed by atoms with Gasteiger partial charge in [-0.05, 0) is 43.4 Å². The lowest BCUT2D eigenvalue weighted by molar-refractivity contribution is -0.142. The maximum absolute atomic E-state index is 13.1. The van der Waals surface area contributed by atoms with E-state index in [1.54, 1.807) is 4.90 Å². The van der Waals surface area contributed by atoms with E-state index in [1.807, 2.05) is 68.4 Å². The normalized spacial score (nSPS) is 11.8. The molecule has 0 bridgehead atoms. The Labute approximate surface area is 180 Å². The minimum absolute atomic E-state index is 0.0915. The van der Waals surface area contributed by atoms with Crippen LogP contribution in [0, 0.1) is 12.8 Å². The second-order valence-corrected chi connectivity index (χ2v) is 7.99. The summed E-state index contributed by atoms with van der Waals surface area (Å²) in [4.78, 5) is 27.5. The molecule has 2 aromatic rings. The fourth-order valence-corrected chi connectivity index (χ4v) is 3.18. The Morgan fingerprint density at radius 3 is 2.30 bits per heavy atom. The molecule has 0 fully saturated rings. The number of aryl methyl sites for hydroxylation is 1. The summed E-state index contributed by atoms with van der Waals surface area (Å²) < 4.78 is 5.71. The molecule has 5 nitrogen and oxygen atoms in total. The van der Waals surface area contributed by atoms with Gasteiger partial charge in [0.2, 0.25) is 5.91 Å². The molecule has 0 radical (unpaired) electrons. The van der Waals surface area contributed by atoms with Crippen molar-refractivity contribution < 1.29 is 14.3 Å². The van der Waals surface area contributed by atoms with Gasteiger partial charge in [0.25, 0.3) is 5.91 Å². The summed E-state index contributed by atoms with van der Waals surface area (Å²) in [5.74, 6) is 0.708. The predicted molar refractivity (Wildman–Crippen MR) is 120 cm³/mol. The Hall–Kier alpha value is -2.82. The van der Waals surface area contributed by atoms with E-state index in [0.717, 1.165) is 11.1 Å². The average molecular weight is 411 g/mol. The van der Waals surface area contributed by atoms with Gasteiger partial charge >= 0.3 is 0 Å². The molecule has 162 valence electrons. The number of nitrogens with zero attached hydrogens (tertiary/aromatic N) is 1. The Balaban J connectivity index is 2.09. The van der Waals surface area contributed by atoms with Gasteiger partial charge in [0, 0.05) is 13.1 Å². The van der Waals surface area contributed by atoms with Gasteiger partial charge in [0.05, 0.1) is 0 Å². The fourth-order valence-electron chi connectivity index (χ4n) is 3.18. The van der Waals surface area contributed by atoms with Crippen molar-refractivity contribution in [2.24, 2.45) is 5.92 Å². The minimum atomic E-state index is -0.512. The van der Waals surface area contributed by atoms with E-state index in [1.165, 1.54) is 0 Å². The quantitative estimate of drug-likeness (QED) is 0.609. The molecule has 1 atom stereocenters. The van der Waals surface area contributed by atoms with E-state index in [9.17, 15) is 9.59 Å². The van der Waals surface area contributed by atoms with Crippen LogP contribution in [0.2, 0.25) is 0 Å². The molecule has 30 heavy (non-hydrogen) atoms. The first-order valence-electron chi connectivity index (χ1n) is 10.7. The summed E-state index contributed by atoms with van der Waals surface area (Å²) in [6.45, 7) is 9.00. The van der Waals surface area contributed by atoms with Crippen LogP contribution in [0.5, 0.6) is 5.75 Å². The van der Waals surface area contributed by atoms with Crippen LogP contribution in [-0.2, 0) is 16.0 Å². The lowest BCUT2D eigenvalue weighted by atomic mass is 10.1. The van der Waals surface area contributed by atoms with Gasteiger partial charge in [-0.1, -0.05) is 68.8 Å².